The Morgan fingerprint density at radius 1 is 0.975 bits per heavy atom. The molecule has 0 amide bonds. The van der Waals surface area contributed by atoms with Gasteiger partial charge in [-0.15, -0.1) is 0 Å². The third-order valence-corrected chi connectivity index (χ3v) is 7.35. The van der Waals surface area contributed by atoms with Crippen molar-refractivity contribution in [2.75, 3.05) is 64.0 Å². The number of nitrogens with zero attached hydrogens (tertiary/aromatic N) is 5. The van der Waals surface area contributed by atoms with Crippen LogP contribution in [0.3, 0.4) is 0 Å². The molecular weight excluding hydrogens is 538 g/mol. The van der Waals surface area contributed by atoms with Crippen molar-refractivity contribution in [2.24, 2.45) is 0 Å². The number of benzene rings is 2. The lowest BCUT2D eigenvalue weighted by atomic mass is 10.1. The number of hydrogen-bond acceptors (Lipinski definition) is 11. The zero-order chi connectivity index (χ0) is 27.5. The van der Waals surface area contributed by atoms with E-state index in [1.807, 2.05) is 30.3 Å². The molecule has 6 rings (SSSR count). The van der Waals surface area contributed by atoms with Crippen LogP contribution in [-0.4, -0.2) is 97.3 Å². The predicted molar refractivity (Wildman–Crippen MR) is 149 cm³/mol. The highest BCUT2D eigenvalue weighted by Crippen LogP contribution is 2.36. The molecule has 212 valence electrons. The second kappa shape index (κ2) is 11.8. The van der Waals surface area contributed by atoms with E-state index in [0.717, 1.165) is 24.5 Å². The molecule has 4 heterocycles. The maximum absolute atomic E-state index is 6.15. The molecule has 0 spiro atoms. The standard InChI is InChI=1S/C26H31N7O6S/c1-34-19-10-16(11-20(13-19)35-2)27-25(40)28-21-14-37-24-22(15-38-23(21)24)33-26(29-30-31-33)39-18-5-3-4-17(12-18)32-6-8-36-9-7-32/h3-5,10-13,21-24H,6-9,14-15H2,1-2H3,(H2,27,28,40)/t21-,22-,23+,24+/m0/s1. The minimum Gasteiger partial charge on any atom is -0.497 e. The summed E-state index contributed by atoms with van der Waals surface area (Å²) in [5.41, 5.74) is 1.80. The quantitative estimate of drug-likeness (QED) is 0.385. The molecule has 3 aliphatic heterocycles. The molecule has 2 N–H and O–H groups in total. The van der Waals surface area contributed by atoms with Crippen LogP contribution in [0, 0.1) is 0 Å². The first-order valence-electron chi connectivity index (χ1n) is 13.0. The Hall–Kier alpha value is -3.72. The normalized spacial score (nSPS) is 23.9. The maximum Gasteiger partial charge on any atom is 0.341 e. The van der Waals surface area contributed by atoms with Crippen LogP contribution >= 0.6 is 12.2 Å². The highest BCUT2D eigenvalue weighted by Gasteiger charge is 2.50. The number of aromatic nitrogens is 4. The smallest absolute Gasteiger partial charge is 0.341 e. The fourth-order valence-electron chi connectivity index (χ4n) is 5.16. The highest BCUT2D eigenvalue weighted by molar-refractivity contribution is 7.80. The predicted octanol–water partition coefficient (Wildman–Crippen LogP) is 2.01. The van der Waals surface area contributed by atoms with Crippen LogP contribution < -0.4 is 29.7 Å². The van der Waals surface area contributed by atoms with E-state index in [-0.39, 0.29) is 30.3 Å². The Bertz CT molecular complexity index is 1310. The Kier molecular flexibility index (Phi) is 7.82. The van der Waals surface area contributed by atoms with Crippen LogP contribution in [0.4, 0.5) is 11.4 Å². The summed E-state index contributed by atoms with van der Waals surface area (Å²) in [7, 11) is 3.20. The average molecular weight is 570 g/mol. The zero-order valence-electron chi connectivity index (χ0n) is 22.2. The summed E-state index contributed by atoms with van der Waals surface area (Å²) >= 11 is 5.57. The monoisotopic (exact) mass is 569 g/mol. The van der Waals surface area contributed by atoms with Crippen LogP contribution in [-0.2, 0) is 14.2 Å². The molecule has 14 heteroatoms. The lowest BCUT2D eigenvalue weighted by Gasteiger charge is -2.29. The summed E-state index contributed by atoms with van der Waals surface area (Å²) in [6.45, 7) is 3.87. The molecule has 3 aliphatic rings. The molecule has 3 aromatic rings. The van der Waals surface area contributed by atoms with Gasteiger partial charge in [0.1, 0.15) is 35.5 Å². The second-order valence-electron chi connectivity index (χ2n) is 9.57. The number of methoxy groups -OCH3 is 2. The number of thiocarbonyl (C=S) groups is 1. The van der Waals surface area contributed by atoms with E-state index in [9.17, 15) is 0 Å². The van der Waals surface area contributed by atoms with Gasteiger partial charge in [0.05, 0.1) is 46.7 Å². The van der Waals surface area contributed by atoms with Crippen molar-refractivity contribution in [3.8, 4) is 23.3 Å². The van der Waals surface area contributed by atoms with Crippen LogP contribution in [0.25, 0.3) is 0 Å². The first-order chi connectivity index (χ1) is 19.6. The van der Waals surface area contributed by atoms with E-state index in [0.29, 0.717) is 48.8 Å². The van der Waals surface area contributed by atoms with Crippen LogP contribution in [0.5, 0.6) is 23.3 Å². The van der Waals surface area contributed by atoms with Gasteiger partial charge in [-0.3, -0.25) is 0 Å². The number of hydrogen-bond donors (Lipinski definition) is 2. The fourth-order valence-corrected chi connectivity index (χ4v) is 5.43. The van der Waals surface area contributed by atoms with Crippen LogP contribution in [0.1, 0.15) is 6.04 Å². The van der Waals surface area contributed by atoms with Crippen molar-refractivity contribution < 1.29 is 28.4 Å². The number of fused-ring (bicyclic) bond motifs is 1. The topological polar surface area (TPSA) is 126 Å². The van der Waals surface area contributed by atoms with Gasteiger partial charge in [0.15, 0.2) is 5.11 Å². The minimum atomic E-state index is -0.275. The summed E-state index contributed by atoms with van der Waals surface area (Å²) in [4.78, 5) is 2.26. The third kappa shape index (κ3) is 5.61. The molecule has 2 aromatic carbocycles. The van der Waals surface area contributed by atoms with Gasteiger partial charge in [0.25, 0.3) is 0 Å². The lowest BCUT2D eigenvalue weighted by molar-refractivity contribution is 0.0615. The summed E-state index contributed by atoms with van der Waals surface area (Å²) in [5, 5.41) is 19.1. The summed E-state index contributed by atoms with van der Waals surface area (Å²) < 4.78 is 36.2. The zero-order valence-corrected chi connectivity index (χ0v) is 23.0. The number of tetrazole rings is 1. The van der Waals surface area contributed by atoms with E-state index >= 15 is 0 Å². The lowest BCUT2D eigenvalue weighted by Crippen LogP contribution is -2.45. The van der Waals surface area contributed by atoms with Gasteiger partial charge >= 0.3 is 6.01 Å². The summed E-state index contributed by atoms with van der Waals surface area (Å²) in [5.74, 6) is 1.96. The van der Waals surface area contributed by atoms with Crippen molar-refractivity contribution in [3.63, 3.8) is 0 Å². The summed E-state index contributed by atoms with van der Waals surface area (Å²) in [6, 6.07) is 13.2. The molecule has 13 nitrogen and oxygen atoms in total. The molecule has 3 fully saturated rings. The van der Waals surface area contributed by atoms with E-state index in [1.54, 1.807) is 25.0 Å². The molecule has 0 radical (unpaired) electrons. The minimum absolute atomic E-state index is 0.159. The fraction of sp³-hybridized carbons (Fsp3) is 0.462. The van der Waals surface area contributed by atoms with Gasteiger partial charge in [-0.1, -0.05) is 11.2 Å². The average Bonchev–Trinajstić information content (AvgIpc) is 3.71. The van der Waals surface area contributed by atoms with Crippen molar-refractivity contribution in [1.82, 2.24) is 25.5 Å². The van der Waals surface area contributed by atoms with Crippen molar-refractivity contribution in [3.05, 3.63) is 42.5 Å². The number of anilines is 2. The van der Waals surface area contributed by atoms with Gasteiger partial charge in [-0.25, -0.2) is 0 Å². The van der Waals surface area contributed by atoms with Crippen molar-refractivity contribution >= 4 is 28.7 Å². The Morgan fingerprint density at radius 2 is 1.75 bits per heavy atom. The molecule has 40 heavy (non-hydrogen) atoms. The Labute approximate surface area is 236 Å². The van der Waals surface area contributed by atoms with Crippen molar-refractivity contribution in [2.45, 2.75) is 24.3 Å². The van der Waals surface area contributed by atoms with E-state index < -0.39 is 0 Å². The Morgan fingerprint density at radius 3 is 2.52 bits per heavy atom. The van der Waals surface area contributed by atoms with Gasteiger partial charge in [0, 0.05) is 48.7 Å². The Balaban J connectivity index is 1.09. The molecular formula is C26H31N7O6S. The first-order valence-corrected chi connectivity index (χ1v) is 13.4. The number of nitrogens with one attached hydrogen (secondary N) is 2. The molecule has 0 aliphatic carbocycles. The van der Waals surface area contributed by atoms with Crippen LogP contribution in [0.15, 0.2) is 42.5 Å². The third-order valence-electron chi connectivity index (χ3n) is 7.13. The van der Waals surface area contributed by atoms with Gasteiger partial charge in [-0.05, 0) is 34.8 Å². The first kappa shape index (κ1) is 26.5. The number of morpholine rings is 1. The van der Waals surface area contributed by atoms with Gasteiger partial charge in [-0.2, -0.15) is 4.68 Å². The molecule has 0 bridgehead atoms. The second-order valence-corrected chi connectivity index (χ2v) is 9.98. The van der Waals surface area contributed by atoms with E-state index in [1.165, 1.54) is 0 Å². The molecule has 1 aromatic heterocycles. The van der Waals surface area contributed by atoms with Gasteiger partial charge < -0.3 is 44.0 Å². The largest absolute Gasteiger partial charge is 0.497 e. The number of rotatable bonds is 8. The molecule has 3 saturated heterocycles. The highest BCUT2D eigenvalue weighted by atomic mass is 32.1. The molecule has 0 saturated carbocycles. The molecule has 4 atom stereocenters. The SMILES string of the molecule is COc1cc(NC(=S)N[C@H]2CO[C@H]3[C@@H]2OC[C@@H]3n2nnnc2Oc2cccc(N3CCOCC3)c2)cc(OC)c1. The van der Waals surface area contributed by atoms with Crippen molar-refractivity contribution in [1.29, 1.82) is 0 Å². The summed E-state index contributed by atoms with van der Waals surface area (Å²) in [6.07, 6.45) is -0.519. The van der Waals surface area contributed by atoms with Gasteiger partial charge in [0.2, 0.25) is 0 Å². The number of ether oxygens (including phenoxy) is 6. The van der Waals surface area contributed by atoms with E-state index in [4.69, 9.17) is 40.6 Å². The maximum atomic E-state index is 6.15. The molecule has 0 unspecified atom stereocenters. The van der Waals surface area contributed by atoms with Crippen LogP contribution in [0.2, 0.25) is 0 Å². The van der Waals surface area contributed by atoms with E-state index in [2.05, 4.69) is 37.1 Å².